The van der Waals surface area contributed by atoms with Crippen LogP contribution in [0.2, 0.25) is 0 Å². The summed E-state index contributed by atoms with van der Waals surface area (Å²) in [6.45, 7) is 16.9. The average molecular weight is 353 g/mol. The van der Waals surface area contributed by atoms with Crippen LogP contribution in [-0.4, -0.2) is 6.54 Å². The number of hydrogen-bond donors (Lipinski definition) is 0. The van der Waals surface area contributed by atoms with Crippen LogP contribution in [0, 0.1) is 23.3 Å². The van der Waals surface area contributed by atoms with Gasteiger partial charge in [0.15, 0.2) is 0 Å². The quantitative estimate of drug-likeness (QED) is 0.461. The van der Waals surface area contributed by atoms with Gasteiger partial charge in [0.05, 0.1) is 12.6 Å². The van der Waals surface area contributed by atoms with Crippen LogP contribution < -0.4 is 4.90 Å². The Balaban J connectivity index is 2.28. The standard InChI is InChI=1S/C24H23N3/c1-6-27-21-10-8-7-9-18(21)23(20(16-25)26-5)19-12-11-17(15-22(19)27)13-14-24(2,3)4/h7-15H,6H2,1-4H3/b14-13+,23-20-. The van der Waals surface area contributed by atoms with Gasteiger partial charge in [0, 0.05) is 23.5 Å². The molecule has 1 heterocycles. The molecule has 0 unspecified atom stereocenters. The van der Waals surface area contributed by atoms with Gasteiger partial charge in [-0.05, 0) is 41.2 Å². The van der Waals surface area contributed by atoms with Crippen LogP contribution in [0.1, 0.15) is 44.4 Å². The fraction of sp³-hybridized carbons (Fsp3) is 0.250. The number of benzene rings is 2. The molecule has 0 saturated carbocycles. The van der Waals surface area contributed by atoms with Gasteiger partial charge in [-0.2, -0.15) is 0 Å². The largest absolute Gasteiger partial charge is 0.341 e. The first-order chi connectivity index (χ1) is 12.9. The van der Waals surface area contributed by atoms with Crippen molar-refractivity contribution in [3.05, 3.63) is 82.3 Å². The first-order valence-electron chi connectivity index (χ1n) is 9.12. The van der Waals surface area contributed by atoms with Crippen molar-refractivity contribution in [1.29, 1.82) is 5.26 Å². The third kappa shape index (κ3) is 3.50. The lowest BCUT2D eigenvalue weighted by Gasteiger charge is -2.34. The molecule has 1 aliphatic rings. The van der Waals surface area contributed by atoms with Crippen molar-refractivity contribution in [1.82, 2.24) is 0 Å². The molecule has 27 heavy (non-hydrogen) atoms. The van der Waals surface area contributed by atoms with Crippen LogP contribution >= 0.6 is 0 Å². The van der Waals surface area contributed by atoms with Gasteiger partial charge in [0.2, 0.25) is 0 Å². The molecule has 2 aromatic rings. The van der Waals surface area contributed by atoms with E-state index in [1.165, 1.54) is 0 Å². The predicted molar refractivity (Wildman–Crippen MR) is 112 cm³/mol. The fourth-order valence-corrected chi connectivity index (χ4v) is 3.36. The third-order valence-electron chi connectivity index (χ3n) is 4.59. The highest BCUT2D eigenvalue weighted by atomic mass is 15.1. The van der Waals surface area contributed by atoms with E-state index in [9.17, 15) is 5.26 Å². The molecule has 0 amide bonds. The molecule has 0 radical (unpaired) electrons. The van der Waals surface area contributed by atoms with Crippen molar-refractivity contribution in [2.75, 3.05) is 11.4 Å². The van der Waals surface area contributed by atoms with Gasteiger partial charge < -0.3 is 4.90 Å². The number of anilines is 2. The van der Waals surface area contributed by atoms with Gasteiger partial charge in [-0.1, -0.05) is 63.3 Å². The second kappa shape index (κ2) is 7.14. The zero-order valence-electron chi connectivity index (χ0n) is 16.2. The average Bonchev–Trinajstić information content (AvgIpc) is 2.66. The fourth-order valence-electron chi connectivity index (χ4n) is 3.36. The molecular weight excluding hydrogens is 330 g/mol. The van der Waals surface area contributed by atoms with Crippen molar-refractivity contribution in [3.63, 3.8) is 0 Å². The van der Waals surface area contributed by atoms with E-state index in [0.717, 1.165) is 40.2 Å². The lowest BCUT2D eigenvalue weighted by atomic mass is 9.87. The van der Waals surface area contributed by atoms with E-state index in [0.29, 0.717) is 0 Å². The van der Waals surface area contributed by atoms with Crippen LogP contribution in [0.4, 0.5) is 11.4 Å². The number of allylic oxidation sites excluding steroid dienone is 2. The number of para-hydroxylation sites is 1. The lowest BCUT2D eigenvalue weighted by molar-refractivity contribution is 0.547. The first kappa shape index (κ1) is 18.5. The maximum absolute atomic E-state index is 9.53. The highest BCUT2D eigenvalue weighted by Gasteiger charge is 2.27. The Labute approximate surface area is 161 Å². The Morgan fingerprint density at radius 1 is 1.15 bits per heavy atom. The summed E-state index contributed by atoms with van der Waals surface area (Å²) >= 11 is 0. The van der Waals surface area contributed by atoms with Crippen LogP contribution in [0.5, 0.6) is 0 Å². The van der Waals surface area contributed by atoms with E-state index >= 15 is 0 Å². The van der Waals surface area contributed by atoms with Gasteiger partial charge in [0.25, 0.3) is 5.70 Å². The molecule has 0 bridgehead atoms. The van der Waals surface area contributed by atoms with E-state index in [4.69, 9.17) is 6.57 Å². The molecule has 134 valence electrons. The normalized spacial score (nSPS) is 15.0. The van der Waals surface area contributed by atoms with Crippen LogP contribution in [0.3, 0.4) is 0 Å². The second-order valence-corrected chi connectivity index (χ2v) is 7.68. The molecular formula is C24H23N3. The topological polar surface area (TPSA) is 31.4 Å². The minimum Gasteiger partial charge on any atom is -0.341 e. The number of rotatable bonds is 2. The number of hydrogen-bond acceptors (Lipinski definition) is 2. The Morgan fingerprint density at radius 2 is 1.85 bits per heavy atom. The molecule has 0 spiro atoms. The van der Waals surface area contributed by atoms with Crippen LogP contribution in [0.15, 0.2) is 54.2 Å². The van der Waals surface area contributed by atoms with E-state index in [1.54, 1.807) is 0 Å². The minimum absolute atomic E-state index is 0.107. The van der Waals surface area contributed by atoms with E-state index in [1.807, 2.05) is 24.3 Å². The Morgan fingerprint density at radius 3 is 2.48 bits per heavy atom. The van der Waals surface area contributed by atoms with Crippen LogP contribution in [0.25, 0.3) is 16.5 Å². The van der Waals surface area contributed by atoms with Gasteiger partial charge >= 0.3 is 0 Å². The van der Waals surface area contributed by atoms with Crippen LogP contribution in [-0.2, 0) is 0 Å². The van der Waals surface area contributed by atoms with Gasteiger partial charge in [-0.25, -0.2) is 10.1 Å². The summed E-state index contributed by atoms with van der Waals surface area (Å²) in [7, 11) is 0. The Bertz CT molecular complexity index is 1000. The summed E-state index contributed by atoms with van der Waals surface area (Å²) in [4.78, 5) is 5.76. The molecule has 3 heteroatoms. The molecule has 0 saturated heterocycles. The van der Waals surface area contributed by atoms with Crippen molar-refractivity contribution in [3.8, 4) is 6.07 Å². The number of nitriles is 1. The molecule has 2 aromatic carbocycles. The van der Waals surface area contributed by atoms with Crippen molar-refractivity contribution >= 4 is 23.0 Å². The molecule has 0 atom stereocenters. The summed E-state index contributed by atoms with van der Waals surface area (Å²) in [5.74, 6) is 0. The van der Waals surface area contributed by atoms with E-state index < -0.39 is 0 Å². The maximum atomic E-state index is 9.53. The number of fused-ring (bicyclic) bond motifs is 2. The second-order valence-electron chi connectivity index (χ2n) is 7.68. The third-order valence-corrected chi connectivity index (χ3v) is 4.59. The monoisotopic (exact) mass is 353 g/mol. The SMILES string of the molecule is [C-]#[N+]/C(C#N)=C1/c2ccccc2N(CC)c2cc(/C=C/C(C)(C)C)ccc21. The van der Waals surface area contributed by atoms with E-state index in [2.05, 4.69) is 73.9 Å². The first-order valence-corrected chi connectivity index (χ1v) is 9.12. The van der Waals surface area contributed by atoms with Crippen molar-refractivity contribution < 1.29 is 0 Å². The molecule has 3 rings (SSSR count). The van der Waals surface area contributed by atoms with Crippen molar-refractivity contribution in [2.24, 2.45) is 5.41 Å². The van der Waals surface area contributed by atoms with Crippen molar-refractivity contribution in [2.45, 2.75) is 27.7 Å². The molecule has 0 fully saturated rings. The summed E-state index contributed by atoms with van der Waals surface area (Å²) in [5, 5.41) is 9.53. The summed E-state index contributed by atoms with van der Waals surface area (Å²) in [6.07, 6.45) is 4.33. The molecule has 3 nitrogen and oxygen atoms in total. The van der Waals surface area contributed by atoms with Gasteiger partial charge in [-0.15, -0.1) is 0 Å². The van der Waals surface area contributed by atoms with Gasteiger partial charge in [-0.3, -0.25) is 0 Å². The number of nitrogens with zero attached hydrogens (tertiary/aromatic N) is 3. The molecule has 1 aliphatic heterocycles. The minimum atomic E-state index is 0.107. The summed E-state index contributed by atoms with van der Waals surface area (Å²) < 4.78 is 0. The lowest BCUT2D eigenvalue weighted by Crippen LogP contribution is -2.23. The zero-order valence-corrected chi connectivity index (χ0v) is 16.2. The Hall–Kier alpha value is -3.30. The predicted octanol–water partition coefficient (Wildman–Crippen LogP) is 6.42. The molecule has 0 aromatic heterocycles. The summed E-state index contributed by atoms with van der Waals surface area (Å²) in [5.41, 5.74) is 6.05. The highest BCUT2D eigenvalue weighted by Crippen LogP contribution is 2.46. The van der Waals surface area contributed by atoms with Gasteiger partial charge in [0.1, 0.15) is 0 Å². The zero-order chi connectivity index (χ0) is 19.6. The summed E-state index contributed by atoms with van der Waals surface area (Å²) in [6, 6.07) is 16.3. The maximum Gasteiger partial charge on any atom is 0.270 e. The Kier molecular flexibility index (Phi) is 4.89. The van der Waals surface area contributed by atoms with E-state index in [-0.39, 0.29) is 11.1 Å². The smallest absolute Gasteiger partial charge is 0.270 e. The highest BCUT2D eigenvalue weighted by molar-refractivity contribution is 6.00. The molecule has 0 aliphatic carbocycles. The molecule has 0 N–H and O–H groups in total.